The molecule has 2 aromatic rings. The summed E-state index contributed by atoms with van der Waals surface area (Å²) in [5, 5.41) is 4.26. The first-order valence-corrected chi connectivity index (χ1v) is 7.96. The van der Waals surface area contributed by atoms with Gasteiger partial charge in [-0.05, 0) is 54.6 Å². The molecule has 0 fully saturated rings. The molecule has 0 bridgehead atoms. The third-order valence-electron chi connectivity index (χ3n) is 2.99. The molecule has 0 saturated heterocycles. The van der Waals surface area contributed by atoms with Gasteiger partial charge in [0.25, 0.3) is 0 Å². The maximum Gasteiger partial charge on any atom is 0.0406 e. The predicted octanol–water partition coefficient (Wildman–Crippen LogP) is 4.82. The summed E-state index contributed by atoms with van der Waals surface area (Å²) < 4.78 is 0. The van der Waals surface area contributed by atoms with Crippen LogP contribution in [0.2, 0.25) is 5.02 Å². The molecule has 4 heteroatoms. The van der Waals surface area contributed by atoms with Crippen molar-refractivity contribution < 1.29 is 0 Å². The molecule has 0 aliphatic carbocycles. The van der Waals surface area contributed by atoms with Crippen molar-refractivity contribution in [2.45, 2.75) is 17.9 Å². The van der Waals surface area contributed by atoms with E-state index in [0.717, 1.165) is 24.5 Å². The van der Waals surface area contributed by atoms with Crippen LogP contribution in [0.1, 0.15) is 11.1 Å². The summed E-state index contributed by atoms with van der Waals surface area (Å²) in [5.74, 6) is 0. The van der Waals surface area contributed by atoms with Crippen LogP contribution in [0.4, 0.5) is 0 Å². The zero-order chi connectivity index (χ0) is 13.5. The lowest BCUT2D eigenvalue weighted by Crippen LogP contribution is -2.16. The summed E-state index contributed by atoms with van der Waals surface area (Å²) in [6.07, 6.45) is 3.12. The van der Waals surface area contributed by atoms with Gasteiger partial charge in [0, 0.05) is 16.5 Å². The van der Waals surface area contributed by atoms with Gasteiger partial charge in [-0.1, -0.05) is 35.9 Å². The Bertz CT molecular complexity index is 497. The molecule has 0 amide bonds. The van der Waals surface area contributed by atoms with Crippen molar-refractivity contribution in [1.29, 1.82) is 0 Å². The molecule has 0 aliphatic heterocycles. The molecule has 20 heavy (non-hydrogen) atoms. The number of hydrogen-bond donors (Lipinski definition) is 1. The number of rotatable bonds is 6. The second-order valence-electron chi connectivity index (χ2n) is 4.40. The predicted molar refractivity (Wildman–Crippen MR) is 92.3 cm³/mol. The van der Waals surface area contributed by atoms with Gasteiger partial charge in [-0.25, -0.2) is 0 Å². The van der Waals surface area contributed by atoms with E-state index in [1.807, 2.05) is 12.1 Å². The normalized spacial score (nSPS) is 10.1. The SMILES string of the molecule is CSc1ccc(CNCCc2ccc(Cl)cc2)cc1.Cl. The summed E-state index contributed by atoms with van der Waals surface area (Å²) in [5.41, 5.74) is 2.64. The van der Waals surface area contributed by atoms with E-state index in [9.17, 15) is 0 Å². The van der Waals surface area contributed by atoms with Crippen molar-refractivity contribution in [3.8, 4) is 0 Å². The van der Waals surface area contributed by atoms with Crippen molar-refractivity contribution in [2.24, 2.45) is 0 Å². The van der Waals surface area contributed by atoms with Crippen molar-refractivity contribution in [3.63, 3.8) is 0 Å². The number of halogens is 2. The summed E-state index contributed by atoms with van der Waals surface area (Å²) in [6.45, 7) is 1.90. The van der Waals surface area contributed by atoms with Crippen LogP contribution < -0.4 is 5.32 Å². The molecule has 0 unspecified atom stereocenters. The Morgan fingerprint density at radius 1 is 0.950 bits per heavy atom. The van der Waals surface area contributed by atoms with Crippen molar-refractivity contribution >= 4 is 35.8 Å². The van der Waals surface area contributed by atoms with Gasteiger partial charge in [0.1, 0.15) is 0 Å². The van der Waals surface area contributed by atoms with Crippen LogP contribution in [0.25, 0.3) is 0 Å². The monoisotopic (exact) mass is 327 g/mol. The van der Waals surface area contributed by atoms with Crippen LogP contribution >= 0.6 is 35.8 Å². The Labute approximate surface area is 136 Å². The molecule has 0 aromatic heterocycles. The molecular weight excluding hydrogens is 309 g/mol. The first kappa shape index (κ1) is 17.4. The van der Waals surface area contributed by atoms with Crippen LogP contribution in [0.15, 0.2) is 53.4 Å². The molecule has 108 valence electrons. The van der Waals surface area contributed by atoms with Crippen molar-refractivity contribution in [2.75, 3.05) is 12.8 Å². The van der Waals surface area contributed by atoms with Gasteiger partial charge in [-0.3, -0.25) is 0 Å². The van der Waals surface area contributed by atoms with Crippen molar-refractivity contribution in [1.82, 2.24) is 5.32 Å². The molecule has 0 spiro atoms. The Kier molecular flexibility index (Phi) is 8.08. The minimum absolute atomic E-state index is 0. The average Bonchev–Trinajstić information content (AvgIpc) is 2.46. The van der Waals surface area contributed by atoms with E-state index in [4.69, 9.17) is 11.6 Å². The molecule has 2 rings (SSSR count). The van der Waals surface area contributed by atoms with Crippen LogP contribution in [0.5, 0.6) is 0 Å². The maximum atomic E-state index is 5.86. The highest BCUT2D eigenvalue weighted by molar-refractivity contribution is 7.98. The van der Waals surface area contributed by atoms with E-state index in [1.165, 1.54) is 16.0 Å². The maximum absolute atomic E-state index is 5.86. The smallest absolute Gasteiger partial charge is 0.0406 e. The topological polar surface area (TPSA) is 12.0 Å². The van der Waals surface area contributed by atoms with E-state index in [0.29, 0.717) is 0 Å². The standard InChI is InChI=1S/C16H18ClNS.ClH/c1-19-16-8-4-14(5-9-16)12-18-11-10-13-2-6-15(17)7-3-13;/h2-9,18H,10-12H2,1H3;1H. The molecule has 0 radical (unpaired) electrons. The second-order valence-corrected chi connectivity index (χ2v) is 5.72. The van der Waals surface area contributed by atoms with Gasteiger partial charge in [0.2, 0.25) is 0 Å². The highest BCUT2D eigenvalue weighted by Gasteiger charge is 1.96. The van der Waals surface area contributed by atoms with Gasteiger partial charge in [0.05, 0.1) is 0 Å². The lowest BCUT2D eigenvalue weighted by Gasteiger charge is -2.06. The number of thioether (sulfide) groups is 1. The first-order valence-electron chi connectivity index (χ1n) is 6.36. The third-order valence-corrected chi connectivity index (χ3v) is 3.99. The summed E-state index contributed by atoms with van der Waals surface area (Å²) in [7, 11) is 0. The fourth-order valence-corrected chi connectivity index (χ4v) is 2.39. The molecule has 0 saturated carbocycles. The highest BCUT2D eigenvalue weighted by atomic mass is 35.5. The lowest BCUT2D eigenvalue weighted by molar-refractivity contribution is 0.686. The Morgan fingerprint density at radius 3 is 2.15 bits per heavy atom. The van der Waals surface area contributed by atoms with Crippen molar-refractivity contribution in [3.05, 3.63) is 64.7 Å². The first-order chi connectivity index (χ1) is 9.28. The minimum Gasteiger partial charge on any atom is -0.312 e. The van der Waals surface area contributed by atoms with Crippen LogP contribution in [-0.4, -0.2) is 12.8 Å². The fraction of sp³-hybridized carbons (Fsp3) is 0.250. The molecule has 0 heterocycles. The quantitative estimate of drug-likeness (QED) is 0.603. The summed E-state index contributed by atoms with van der Waals surface area (Å²) in [6, 6.07) is 16.7. The van der Waals surface area contributed by atoms with Gasteiger partial charge in [-0.15, -0.1) is 24.2 Å². The second kappa shape index (κ2) is 9.30. The Balaban J connectivity index is 0.00000200. The average molecular weight is 328 g/mol. The van der Waals surface area contributed by atoms with E-state index in [2.05, 4.69) is 48.0 Å². The van der Waals surface area contributed by atoms with Gasteiger partial charge < -0.3 is 5.32 Å². The molecule has 0 aliphatic rings. The van der Waals surface area contributed by atoms with Crippen LogP contribution in [0, 0.1) is 0 Å². The zero-order valence-electron chi connectivity index (χ0n) is 11.4. The van der Waals surface area contributed by atoms with Crippen LogP contribution in [-0.2, 0) is 13.0 Å². The third kappa shape index (κ3) is 5.76. The zero-order valence-corrected chi connectivity index (χ0v) is 13.8. The molecule has 2 aromatic carbocycles. The number of nitrogens with one attached hydrogen (secondary N) is 1. The van der Waals surface area contributed by atoms with E-state index >= 15 is 0 Å². The molecule has 1 N–H and O–H groups in total. The van der Waals surface area contributed by atoms with Gasteiger partial charge in [0.15, 0.2) is 0 Å². The lowest BCUT2D eigenvalue weighted by atomic mass is 10.1. The number of hydrogen-bond acceptors (Lipinski definition) is 2. The minimum atomic E-state index is 0. The molecule has 0 atom stereocenters. The Morgan fingerprint density at radius 2 is 1.55 bits per heavy atom. The molecular formula is C16H19Cl2NS. The highest BCUT2D eigenvalue weighted by Crippen LogP contribution is 2.14. The van der Waals surface area contributed by atoms with Gasteiger partial charge >= 0.3 is 0 Å². The van der Waals surface area contributed by atoms with E-state index in [-0.39, 0.29) is 12.4 Å². The Hall–Kier alpha value is -0.670. The molecule has 1 nitrogen and oxygen atoms in total. The summed E-state index contributed by atoms with van der Waals surface area (Å²) >= 11 is 7.63. The largest absolute Gasteiger partial charge is 0.312 e. The summed E-state index contributed by atoms with van der Waals surface area (Å²) in [4.78, 5) is 1.31. The number of benzene rings is 2. The van der Waals surface area contributed by atoms with Gasteiger partial charge in [-0.2, -0.15) is 0 Å². The van der Waals surface area contributed by atoms with E-state index < -0.39 is 0 Å². The fourth-order valence-electron chi connectivity index (χ4n) is 1.86. The van der Waals surface area contributed by atoms with Crippen LogP contribution in [0.3, 0.4) is 0 Å². The van der Waals surface area contributed by atoms with E-state index in [1.54, 1.807) is 11.8 Å².